The van der Waals surface area contributed by atoms with E-state index >= 15 is 0 Å². The molecule has 2 aromatic carbocycles. The Balaban J connectivity index is 1.72. The first kappa shape index (κ1) is 16.8. The van der Waals surface area contributed by atoms with Crippen molar-refractivity contribution in [3.8, 4) is 5.75 Å². The van der Waals surface area contributed by atoms with E-state index in [9.17, 15) is 8.42 Å². The molecule has 0 saturated carbocycles. The molecule has 1 atom stereocenters. The predicted molar refractivity (Wildman–Crippen MR) is 92.8 cm³/mol. The number of benzene rings is 2. The van der Waals surface area contributed by atoms with Crippen LogP contribution >= 0.6 is 0 Å². The zero-order valence-corrected chi connectivity index (χ0v) is 14.2. The van der Waals surface area contributed by atoms with Gasteiger partial charge in [-0.15, -0.1) is 0 Å². The maximum Gasteiger partial charge on any atom is 0.262 e. The molecule has 1 aliphatic rings. The number of hydrogen-bond donors (Lipinski definition) is 1. The minimum atomic E-state index is -3.64. The molecule has 0 amide bonds. The molecule has 3 rings (SSSR count). The molecule has 24 heavy (non-hydrogen) atoms. The highest BCUT2D eigenvalue weighted by molar-refractivity contribution is 7.92. The van der Waals surface area contributed by atoms with Crippen LogP contribution in [0.2, 0.25) is 0 Å². The molecular weight excluding hydrogens is 326 g/mol. The molecule has 0 aromatic heterocycles. The summed E-state index contributed by atoms with van der Waals surface area (Å²) in [5.41, 5.74) is 0.428. The van der Waals surface area contributed by atoms with Gasteiger partial charge in [-0.05, 0) is 43.5 Å². The zero-order chi connectivity index (χ0) is 16.8. The normalized spacial score (nSPS) is 18.1. The van der Waals surface area contributed by atoms with Gasteiger partial charge < -0.3 is 9.47 Å². The quantitative estimate of drug-likeness (QED) is 0.869. The second-order valence-electron chi connectivity index (χ2n) is 5.71. The number of sulfonamides is 1. The van der Waals surface area contributed by atoms with Crippen molar-refractivity contribution in [1.82, 2.24) is 0 Å². The van der Waals surface area contributed by atoms with Gasteiger partial charge in [0.25, 0.3) is 10.0 Å². The van der Waals surface area contributed by atoms with Crippen molar-refractivity contribution in [2.45, 2.75) is 30.3 Å². The molecule has 128 valence electrons. The van der Waals surface area contributed by atoms with Crippen LogP contribution in [0.3, 0.4) is 0 Å². The molecule has 1 N–H and O–H groups in total. The van der Waals surface area contributed by atoms with Crippen molar-refractivity contribution in [2.24, 2.45) is 0 Å². The van der Waals surface area contributed by atoms with Crippen LogP contribution in [-0.2, 0) is 14.8 Å². The van der Waals surface area contributed by atoms with Gasteiger partial charge in [0.05, 0.1) is 16.7 Å². The summed E-state index contributed by atoms with van der Waals surface area (Å²) in [5.74, 6) is 0.506. The van der Waals surface area contributed by atoms with E-state index in [1.54, 1.807) is 48.5 Å². The summed E-state index contributed by atoms with van der Waals surface area (Å²) >= 11 is 0. The molecule has 6 heteroatoms. The molecular formula is C18H21NO4S. The third kappa shape index (κ3) is 4.27. The second-order valence-corrected chi connectivity index (χ2v) is 7.40. The average Bonchev–Trinajstić information content (AvgIpc) is 2.62. The third-order valence-corrected chi connectivity index (χ3v) is 5.27. The monoisotopic (exact) mass is 347 g/mol. The van der Waals surface area contributed by atoms with E-state index in [0.29, 0.717) is 18.0 Å². The van der Waals surface area contributed by atoms with Crippen LogP contribution in [0.4, 0.5) is 5.69 Å². The number of anilines is 1. The van der Waals surface area contributed by atoms with E-state index in [1.807, 2.05) is 6.07 Å². The summed E-state index contributed by atoms with van der Waals surface area (Å²) in [6.45, 7) is 1.18. The average molecular weight is 347 g/mol. The highest BCUT2D eigenvalue weighted by atomic mass is 32.2. The molecule has 2 aromatic rings. The summed E-state index contributed by atoms with van der Waals surface area (Å²) in [6, 6.07) is 15.3. The van der Waals surface area contributed by atoms with Crippen LogP contribution in [0.15, 0.2) is 59.5 Å². The van der Waals surface area contributed by atoms with Gasteiger partial charge in [-0.3, -0.25) is 4.72 Å². The van der Waals surface area contributed by atoms with Crippen molar-refractivity contribution >= 4 is 15.7 Å². The topological polar surface area (TPSA) is 64.6 Å². The van der Waals surface area contributed by atoms with E-state index in [2.05, 4.69) is 4.72 Å². The number of para-hydroxylation sites is 2. The summed E-state index contributed by atoms with van der Waals surface area (Å²) in [6.07, 6.45) is 3.26. The molecule has 0 spiro atoms. The minimum absolute atomic E-state index is 0.0672. The van der Waals surface area contributed by atoms with E-state index in [-0.39, 0.29) is 11.0 Å². The lowest BCUT2D eigenvalue weighted by Crippen LogP contribution is -2.26. The maximum absolute atomic E-state index is 12.5. The lowest BCUT2D eigenvalue weighted by atomic mass is 10.1. The number of rotatable bonds is 6. The van der Waals surface area contributed by atoms with Gasteiger partial charge in [-0.25, -0.2) is 8.42 Å². The number of nitrogens with one attached hydrogen (secondary N) is 1. The smallest absolute Gasteiger partial charge is 0.262 e. The molecule has 0 aliphatic carbocycles. The largest absolute Gasteiger partial charge is 0.489 e. The van der Waals surface area contributed by atoms with Crippen LogP contribution in [0.5, 0.6) is 5.75 Å². The molecule has 0 bridgehead atoms. The van der Waals surface area contributed by atoms with E-state index < -0.39 is 10.0 Å². The highest BCUT2D eigenvalue weighted by Gasteiger charge is 2.18. The Morgan fingerprint density at radius 3 is 2.54 bits per heavy atom. The summed E-state index contributed by atoms with van der Waals surface area (Å²) in [4.78, 5) is 0.218. The van der Waals surface area contributed by atoms with Crippen molar-refractivity contribution in [2.75, 3.05) is 17.9 Å². The van der Waals surface area contributed by atoms with E-state index in [0.717, 1.165) is 25.9 Å². The summed E-state index contributed by atoms with van der Waals surface area (Å²) in [7, 11) is -3.64. The Morgan fingerprint density at radius 1 is 1.04 bits per heavy atom. The Labute approximate surface area is 142 Å². The van der Waals surface area contributed by atoms with Gasteiger partial charge in [-0.1, -0.05) is 30.3 Å². The molecule has 1 heterocycles. The summed E-state index contributed by atoms with van der Waals surface area (Å²) < 4.78 is 39.0. The van der Waals surface area contributed by atoms with Gasteiger partial charge in [0, 0.05) is 6.61 Å². The maximum atomic E-state index is 12.5. The molecule has 1 aliphatic heterocycles. The first-order valence-electron chi connectivity index (χ1n) is 8.06. The van der Waals surface area contributed by atoms with E-state index in [4.69, 9.17) is 9.47 Å². The summed E-state index contributed by atoms with van der Waals surface area (Å²) in [5, 5.41) is 0. The van der Waals surface area contributed by atoms with Gasteiger partial charge in [0.1, 0.15) is 12.4 Å². The fourth-order valence-corrected chi connectivity index (χ4v) is 3.69. The Morgan fingerprint density at radius 2 is 1.79 bits per heavy atom. The van der Waals surface area contributed by atoms with E-state index in [1.165, 1.54) is 0 Å². The molecule has 1 saturated heterocycles. The van der Waals surface area contributed by atoms with Gasteiger partial charge in [0.15, 0.2) is 0 Å². The highest BCUT2D eigenvalue weighted by Crippen LogP contribution is 2.27. The van der Waals surface area contributed by atoms with Crippen molar-refractivity contribution in [1.29, 1.82) is 0 Å². The van der Waals surface area contributed by atoms with Crippen molar-refractivity contribution in [3.05, 3.63) is 54.6 Å². The minimum Gasteiger partial charge on any atom is -0.489 e. The van der Waals surface area contributed by atoms with Crippen molar-refractivity contribution < 1.29 is 17.9 Å². The van der Waals surface area contributed by atoms with Crippen LogP contribution in [0.25, 0.3) is 0 Å². The Hall–Kier alpha value is -2.05. The predicted octanol–water partition coefficient (Wildman–Crippen LogP) is 3.44. The van der Waals surface area contributed by atoms with Crippen molar-refractivity contribution in [3.63, 3.8) is 0 Å². The number of ether oxygens (including phenoxy) is 2. The molecule has 0 radical (unpaired) electrons. The Kier molecular flexibility index (Phi) is 5.37. The third-order valence-electron chi connectivity index (χ3n) is 3.88. The first-order valence-corrected chi connectivity index (χ1v) is 9.55. The lowest BCUT2D eigenvalue weighted by Gasteiger charge is -2.23. The Bertz CT molecular complexity index is 756. The van der Waals surface area contributed by atoms with Crippen LogP contribution < -0.4 is 9.46 Å². The fraction of sp³-hybridized carbons (Fsp3) is 0.333. The van der Waals surface area contributed by atoms with Gasteiger partial charge >= 0.3 is 0 Å². The van der Waals surface area contributed by atoms with Gasteiger partial charge in [0.2, 0.25) is 0 Å². The van der Waals surface area contributed by atoms with Crippen LogP contribution in [0, 0.1) is 0 Å². The second kappa shape index (κ2) is 7.68. The number of hydrogen-bond acceptors (Lipinski definition) is 4. The fourth-order valence-electron chi connectivity index (χ4n) is 2.60. The SMILES string of the molecule is O=S(=O)(Nc1ccccc1OCC1CCCCO1)c1ccccc1. The first-order chi connectivity index (χ1) is 11.6. The standard InChI is InChI=1S/C18H21NO4S/c20-24(21,16-9-2-1-3-10-16)19-17-11-4-5-12-18(17)23-14-15-8-6-7-13-22-15/h1-5,9-12,15,19H,6-8,13-14H2. The van der Waals surface area contributed by atoms with Crippen LogP contribution in [-0.4, -0.2) is 27.7 Å². The molecule has 1 unspecified atom stereocenters. The lowest BCUT2D eigenvalue weighted by molar-refractivity contribution is -0.0109. The molecule has 5 nitrogen and oxygen atoms in total. The van der Waals surface area contributed by atoms with Gasteiger partial charge in [-0.2, -0.15) is 0 Å². The zero-order valence-electron chi connectivity index (χ0n) is 13.4. The van der Waals surface area contributed by atoms with Crippen LogP contribution in [0.1, 0.15) is 19.3 Å². The molecule has 1 fully saturated rings.